The van der Waals surface area contributed by atoms with Crippen molar-refractivity contribution in [3.8, 4) is 0 Å². The minimum atomic E-state index is -0.646. The number of esters is 1. The zero-order valence-electron chi connectivity index (χ0n) is 16.6. The van der Waals surface area contributed by atoms with Crippen LogP contribution in [0, 0.1) is 0 Å². The fourth-order valence-corrected chi connectivity index (χ4v) is 3.87. The maximum atomic E-state index is 13.2. The summed E-state index contributed by atoms with van der Waals surface area (Å²) in [5, 5.41) is 8.91. The van der Waals surface area contributed by atoms with Crippen LogP contribution in [0.2, 0.25) is 0 Å². The van der Waals surface area contributed by atoms with E-state index in [9.17, 15) is 14.4 Å². The van der Waals surface area contributed by atoms with Gasteiger partial charge in [-0.15, -0.1) is 22.9 Å². The van der Waals surface area contributed by atoms with Gasteiger partial charge in [-0.2, -0.15) is 0 Å². The summed E-state index contributed by atoms with van der Waals surface area (Å²) in [6, 6.07) is 18.0. The molecule has 1 heterocycles. The molecule has 7 nitrogen and oxygen atoms in total. The molecule has 0 fully saturated rings. The molecule has 2 aromatic carbocycles. The van der Waals surface area contributed by atoms with E-state index in [2.05, 4.69) is 16.0 Å². The summed E-state index contributed by atoms with van der Waals surface area (Å²) in [6.45, 7) is 1.82. The monoisotopic (exact) mass is 457 g/mol. The first-order valence-corrected chi connectivity index (χ1v) is 10.8. The average Bonchev–Trinajstić information content (AvgIpc) is 3.13. The molecule has 3 N–H and O–H groups in total. The zero-order valence-corrected chi connectivity index (χ0v) is 18.2. The maximum absolute atomic E-state index is 13.2. The third kappa shape index (κ3) is 5.62. The maximum Gasteiger partial charge on any atom is 0.350 e. The quantitative estimate of drug-likeness (QED) is 0.323. The highest BCUT2D eigenvalue weighted by atomic mass is 35.5. The number of benzene rings is 2. The van der Waals surface area contributed by atoms with Crippen molar-refractivity contribution >= 4 is 62.8 Å². The minimum absolute atomic E-state index is 0.0564. The Kier molecular flexibility index (Phi) is 7.64. The normalized spacial score (nSPS) is 10.3. The molecule has 0 aliphatic rings. The van der Waals surface area contributed by atoms with Crippen LogP contribution < -0.4 is 16.0 Å². The Hall–Kier alpha value is -3.36. The van der Waals surface area contributed by atoms with Gasteiger partial charge in [0.2, 0.25) is 5.91 Å². The van der Waals surface area contributed by atoms with E-state index in [0.29, 0.717) is 16.4 Å². The van der Waals surface area contributed by atoms with Crippen molar-refractivity contribution in [2.45, 2.75) is 6.92 Å². The number of alkyl halides is 1. The van der Waals surface area contributed by atoms with Crippen molar-refractivity contribution in [2.75, 3.05) is 28.4 Å². The number of carbonyl (C=O) groups excluding carboxylic acids is 3. The molecule has 3 aromatic rings. The third-order valence-electron chi connectivity index (χ3n) is 4.05. The van der Waals surface area contributed by atoms with Gasteiger partial charge < -0.3 is 20.7 Å². The summed E-state index contributed by atoms with van der Waals surface area (Å²) < 4.78 is 5.13. The van der Waals surface area contributed by atoms with Gasteiger partial charge in [0.15, 0.2) is 0 Å². The van der Waals surface area contributed by atoms with E-state index in [4.69, 9.17) is 16.3 Å². The van der Waals surface area contributed by atoms with Crippen molar-refractivity contribution in [1.82, 2.24) is 0 Å². The number of hydrogen-bond acceptors (Lipinski definition) is 6. The van der Waals surface area contributed by atoms with E-state index in [1.807, 2.05) is 36.4 Å². The molecule has 2 amide bonds. The second-order valence-corrected chi connectivity index (χ2v) is 7.51. The molecule has 3 rings (SSSR count). The summed E-state index contributed by atoms with van der Waals surface area (Å²) in [4.78, 5) is 38.0. The lowest BCUT2D eigenvalue weighted by Crippen LogP contribution is -2.20. The number of nitrogens with one attached hydrogen (secondary N) is 3. The molecule has 0 saturated heterocycles. The molecule has 0 saturated carbocycles. The van der Waals surface area contributed by atoms with E-state index in [0.717, 1.165) is 11.3 Å². The molecule has 0 spiro atoms. The van der Waals surface area contributed by atoms with Gasteiger partial charge in [0.05, 0.1) is 17.9 Å². The molecule has 0 aliphatic carbocycles. The molecule has 31 heavy (non-hydrogen) atoms. The van der Waals surface area contributed by atoms with Crippen molar-refractivity contribution in [3.63, 3.8) is 0 Å². The Morgan fingerprint density at radius 3 is 2.13 bits per heavy atom. The number of amides is 2. The molecule has 160 valence electrons. The lowest BCUT2D eigenvalue weighted by molar-refractivity contribution is -0.113. The van der Waals surface area contributed by atoms with E-state index >= 15 is 0 Å². The van der Waals surface area contributed by atoms with Gasteiger partial charge in [-0.25, -0.2) is 4.79 Å². The van der Waals surface area contributed by atoms with Gasteiger partial charge >= 0.3 is 5.97 Å². The number of para-hydroxylation sites is 2. The Bertz CT molecular complexity index is 1070. The van der Waals surface area contributed by atoms with Gasteiger partial charge in [-0.1, -0.05) is 36.4 Å². The predicted molar refractivity (Wildman–Crippen MR) is 124 cm³/mol. The van der Waals surface area contributed by atoms with Crippen molar-refractivity contribution in [2.24, 2.45) is 0 Å². The van der Waals surface area contributed by atoms with Gasteiger partial charge in [0, 0.05) is 11.4 Å². The molecular formula is C22H20ClN3O4S. The largest absolute Gasteiger partial charge is 0.462 e. The summed E-state index contributed by atoms with van der Waals surface area (Å²) in [5.41, 5.74) is 1.44. The molecule has 0 atom stereocenters. The van der Waals surface area contributed by atoms with Crippen LogP contribution in [0.5, 0.6) is 0 Å². The first-order chi connectivity index (χ1) is 15.0. The van der Waals surface area contributed by atoms with Crippen LogP contribution in [-0.4, -0.2) is 30.3 Å². The van der Waals surface area contributed by atoms with Crippen molar-refractivity contribution in [3.05, 3.63) is 71.1 Å². The molecule has 0 aliphatic heterocycles. The van der Waals surface area contributed by atoms with Crippen molar-refractivity contribution in [1.29, 1.82) is 0 Å². The Morgan fingerprint density at radius 1 is 0.935 bits per heavy atom. The Morgan fingerprint density at radius 2 is 1.55 bits per heavy atom. The standard InChI is InChI=1S/C22H20ClN3O4S/c1-2-30-22(29)19-18(26-16(27)13-23)17(20(28)24-14-9-5-3-6-10-14)21(31-19)25-15-11-7-4-8-12-15/h3-12,25H,2,13H2,1H3,(H,24,28)(H,26,27). The molecule has 9 heteroatoms. The van der Waals surface area contributed by atoms with Crippen LogP contribution in [0.1, 0.15) is 27.0 Å². The number of carbonyl (C=O) groups is 3. The van der Waals surface area contributed by atoms with Crippen LogP contribution in [0.25, 0.3) is 0 Å². The second kappa shape index (κ2) is 10.6. The lowest BCUT2D eigenvalue weighted by atomic mass is 10.2. The Labute approximate surface area is 188 Å². The highest BCUT2D eigenvalue weighted by Crippen LogP contribution is 2.40. The van der Waals surface area contributed by atoms with E-state index in [1.54, 1.807) is 31.2 Å². The van der Waals surface area contributed by atoms with Crippen LogP contribution in [0.3, 0.4) is 0 Å². The van der Waals surface area contributed by atoms with Gasteiger partial charge in [-0.05, 0) is 31.2 Å². The van der Waals surface area contributed by atoms with Gasteiger partial charge in [-0.3, -0.25) is 9.59 Å². The van der Waals surface area contributed by atoms with Crippen LogP contribution in [0.15, 0.2) is 60.7 Å². The first-order valence-electron chi connectivity index (χ1n) is 9.41. The smallest absolute Gasteiger partial charge is 0.350 e. The summed E-state index contributed by atoms with van der Waals surface area (Å²) in [5.74, 6) is -2.03. The molecule has 0 radical (unpaired) electrons. The average molecular weight is 458 g/mol. The van der Waals surface area contributed by atoms with Crippen molar-refractivity contribution < 1.29 is 19.1 Å². The topological polar surface area (TPSA) is 96.5 Å². The van der Waals surface area contributed by atoms with Crippen LogP contribution in [-0.2, 0) is 9.53 Å². The lowest BCUT2D eigenvalue weighted by Gasteiger charge is -2.11. The fourth-order valence-electron chi connectivity index (χ4n) is 2.74. The van der Waals surface area contributed by atoms with E-state index in [1.165, 1.54) is 0 Å². The van der Waals surface area contributed by atoms with Gasteiger partial charge in [0.25, 0.3) is 5.91 Å². The van der Waals surface area contributed by atoms with Gasteiger partial charge in [0.1, 0.15) is 15.8 Å². The fraction of sp³-hybridized carbons (Fsp3) is 0.136. The van der Waals surface area contributed by atoms with Crippen LogP contribution in [0.4, 0.5) is 22.1 Å². The molecular weight excluding hydrogens is 438 g/mol. The summed E-state index contributed by atoms with van der Waals surface area (Å²) in [7, 11) is 0. The number of anilines is 4. The second-order valence-electron chi connectivity index (χ2n) is 6.22. The molecule has 0 bridgehead atoms. The number of halogens is 1. The summed E-state index contributed by atoms with van der Waals surface area (Å²) in [6.07, 6.45) is 0. The highest BCUT2D eigenvalue weighted by Gasteiger charge is 2.29. The first kappa shape index (κ1) is 22.3. The highest BCUT2D eigenvalue weighted by molar-refractivity contribution is 7.19. The summed E-state index contributed by atoms with van der Waals surface area (Å²) >= 11 is 6.67. The molecule has 0 unspecified atom stereocenters. The Balaban J connectivity index is 2.10. The number of rotatable bonds is 8. The predicted octanol–water partition coefficient (Wildman–Crippen LogP) is 5.10. The number of hydrogen-bond donors (Lipinski definition) is 3. The third-order valence-corrected chi connectivity index (χ3v) is 5.37. The number of thiophene rings is 1. The zero-order chi connectivity index (χ0) is 22.2. The number of ether oxygens (including phenoxy) is 1. The minimum Gasteiger partial charge on any atom is -0.462 e. The van der Waals surface area contributed by atoms with E-state index in [-0.39, 0.29) is 28.6 Å². The molecule has 1 aromatic heterocycles. The van der Waals surface area contributed by atoms with E-state index < -0.39 is 17.8 Å². The van der Waals surface area contributed by atoms with Crippen LogP contribution >= 0.6 is 22.9 Å². The SMILES string of the molecule is CCOC(=O)c1sc(Nc2ccccc2)c(C(=O)Nc2ccccc2)c1NC(=O)CCl.